The maximum Gasteiger partial charge on any atom is 0.0817 e. The molecule has 0 radical (unpaired) electrons. The maximum atomic E-state index is 4.63. The Balaban J connectivity index is 1.88. The summed E-state index contributed by atoms with van der Waals surface area (Å²) in [5.41, 5.74) is 12.2. The number of benzene rings is 3. The van der Waals surface area contributed by atoms with E-state index in [1.165, 1.54) is 33.2 Å². The van der Waals surface area contributed by atoms with Gasteiger partial charge in [0.1, 0.15) is 0 Å². The van der Waals surface area contributed by atoms with E-state index in [9.17, 15) is 0 Å². The number of aromatic amines is 1. The summed E-state index contributed by atoms with van der Waals surface area (Å²) in [5, 5.41) is 5.87. The van der Waals surface area contributed by atoms with Gasteiger partial charge in [0, 0.05) is 16.5 Å². The number of rotatable bonds is 4. The number of nitrogens with one attached hydrogen (secondary N) is 2. The molecule has 3 heteroatoms. The molecule has 0 aliphatic rings. The van der Waals surface area contributed by atoms with E-state index in [2.05, 4.69) is 65.8 Å². The van der Waals surface area contributed by atoms with Crippen LogP contribution in [0.3, 0.4) is 0 Å². The second kappa shape index (κ2) is 7.12. The average Bonchev–Trinajstić information content (AvgIpc) is 3.07. The highest BCUT2D eigenvalue weighted by atomic mass is 15.3. The molecule has 0 aliphatic carbocycles. The molecule has 2 N–H and O–H groups in total. The number of hydrogen-bond donors (Lipinski definition) is 2. The Bertz CT molecular complexity index is 1110. The highest BCUT2D eigenvalue weighted by Crippen LogP contribution is 2.35. The smallest absolute Gasteiger partial charge is 0.0817 e. The standard InChI is InChI=1S/C24H23N3/c1-16-14-17(2)23-21(15-16)22(19-10-6-4-7-11-19)24(25-23)18(3)26-27-20-12-8-5-9-13-20/h4-15,25,27H,1-3H3/b26-18+. The van der Waals surface area contributed by atoms with Gasteiger partial charge in [0.2, 0.25) is 0 Å². The Morgan fingerprint density at radius 3 is 2.26 bits per heavy atom. The van der Waals surface area contributed by atoms with Crippen LogP contribution in [-0.2, 0) is 0 Å². The number of hydrazone groups is 1. The molecule has 0 saturated carbocycles. The molecular weight excluding hydrogens is 330 g/mol. The van der Waals surface area contributed by atoms with Gasteiger partial charge in [-0.25, -0.2) is 0 Å². The SMILES string of the molecule is C/C(=N\Nc1ccccc1)c1[nH]c2c(C)cc(C)cc2c1-c1ccccc1. The predicted molar refractivity (Wildman–Crippen MR) is 115 cm³/mol. The van der Waals surface area contributed by atoms with Gasteiger partial charge in [-0.05, 0) is 50.1 Å². The summed E-state index contributed by atoms with van der Waals surface area (Å²) in [4.78, 5) is 3.62. The van der Waals surface area contributed by atoms with E-state index in [0.717, 1.165) is 17.1 Å². The number of aromatic nitrogens is 1. The molecule has 0 spiro atoms. The summed E-state index contributed by atoms with van der Waals surface area (Å²) in [6.07, 6.45) is 0. The van der Waals surface area contributed by atoms with E-state index in [0.29, 0.717) is 0 Å². The molecule has 0 amide bonds. The first-order chi connectivity index (χ1) is 13.1. The van der Waals surface area contributed by atoms with Gasteiger partial charge in [0.15, 0.2) is 0 Å². The first kappa shape index (κ1) is 17.1. The van der Waals surface area contributed by atoms with Crippen LogP contribution in [0.2, 0.25) is 0 Å². The monoisotopic (exact) mass is 353 g/mol. The zero-order chi connectivity index (χ0) is 18.8. The number of nitrogens with zero attached hydrogens (tertiary/aromatic N) is 1. The number of anilines is 1. The molecule has 1 aromatic heterocycles. The van der Waals surface area contributed by atoms with Crippen LogP contribution in [0.1, 0.15) is 23.7 Å². The molecule has 3 nitrogen and oxygen atoms in total. The van der Waals surface area contributed by atoms with E-state index in [1.807, 2.05) is 43.3 Å². The van der Waals surface area contributed by atoms with Crippen LogP contribution in [0.15, 0.2) is 77.9 Å². The van der Waals surface area contributed by atoms with Crippen molar-refractivity contribution >= 4 is 22.3 Å². The van der Waals surface area contributed by atoms with Gasteiger partial charge in [-0.3, -0.25) is 5.43 Å². The van der Waals surface area contributed by atoms with Gasteiger partial charge < -0.3 is 4.98 Å². The van der Waals surface area contributed by atoms with Crippen molar-refractivity contribution in [3.8, 4) is 11.1 Å². The molecule has 0 atom stereocenters. The molecule has 4 rings (SSSR count). The van der Waals surface area contributed by atoms with Crippen molar-refractivity contribution in [2.45, 2.75) is 20.8 Å². The van der Waals surface area contributed by atoms with Gasteiger partial charge in [-0.1, -0.05) is 60.2 Å². The molecule has 4 aromatic rings. The molecular formula is C24H23N3. The highest BCUT2D eigenvalue weighted by Gasteiger charge is 2.17. The summed E-state index contributed by atoms with van der Waals surface area (Å²) in [7, 11) is 0. The fourth-order valence-electron chi connectivity index (χ4n) is 3.55. The summed E-state index contributed by atoms with van der Waals surface area (Å²) in [6.45, 7) is 6.33. The first-order valence-electron chi connectivity index (χ1n) is 9.17. The van der Waals surface area contributed by atoms with Crippen LogP contribution >= 0.6 is 0 Å². The van der Waals surface area contributed by atoms with Gasteiger partial charge in [-0.15, -0.1) is 0 Å². The van der Waals surface area contributed by atoms with Crippen molar-refractivity contribution in [3.05, 3.63) is 89.6 Å². The van der Waals surface area contributed by atoms with Crippen LogP contribution < -0.4 is 5.43 Å². The van der Waals surface area contributed by atoms with Crippen LogP contribution in [0.5, 0.6) is 0 Å². The van der Waals surface area contributed by atoms with Crippen LogP contribution in [-0.4, -0.2) is 10.7 Å². The quantitative estimate of drug-likeness (QED) is 0.328. The minimum absolute atomic E-state index is 0.922. The molecule has 1 heterocycles. The zero-order valence-electron chi connectivity index (χ0n) is 15.9. The normalized spacial score (nSPS) is 11.7. The topological polar surface area (TPSA) is 40.2 Å². The molecule has 134 valence electrons. The van der Waals surface area contributed by atoms with Crippen molar-refractivity contribution in [1.29, 1.82) is 0 Å². The summed E-state index contributed by atoms with van der Waals surface area (Å²) in [5.74, 6) is 0. The lowest BCUT2D eigenvalue weighted by Gasteiger charge is -2.07. The highest BCUT2D eigenvalue weighted by molar-refractivity contribution is 6.12. The molecule has 0 fully saturated rings. The zero-order valence-corrected chi connectivity index (χ0v) is 15.9. The molecule has 27 heavy (non-hydrogen) atoms. The fraction of sp³-hybridized carbons (Fsp3) is 0.125. The third-order valence-electron chi connectivity index (χ3n) is 4.80. The van der Waals surface area contributed by atoms with E-state index in [-0.39, 0.29) is 0 Å². The van der Waals surface area contributed by atoms with Crippen molar-refractivity contribution in [3.63, 3.8) is 0 Å². The number of H-pyrrole nitrogens is 1. The van der Waals surface area contributed by atoms with E-state index < -0.39 is 0 Å². The summed E-state index contributed by atoms with van der Waals surface area (Å²) in [6, 6.07) is 25.0. The van der Waals surface area contributed by atoms with Crippen LogP contribution in [0.25, 0.3) is 22.0 Å². The summed E-state index contributed by atoms with van der Waals surface area (Å²) < 4.78 is 0. The van der Waals surface area contributed by atoms with E-state index in [4.69, 9.17) is 0 Å². The average molecular weight is 353 g/mol. The van der Waals surface area contributed by atoms with Gasteiger partial charge >= 0.3 is 0 Å². The van der Waals surface area contributed by atoms with Gasteiger partial charge in [0.25, 0.3) is 0 Å². The van der Waals surface area contributed by atoms with Crippen molar-refractivity contribution in [2.24, 2.45) is 5.10 Å². The van der Waals surface area contributed by atoms with E-state index in [1.54, 1.807) is 0 Å². The lowest BCUT2D eigenvalue weighted by molar-refractivity contribution is 1.29. The Morgan fingerprint density at radius 1 is 0.889 bits per heavy atom. The molecule has 0 bridgehead atoms. The number of aryl methyl sites for hydroxylation is 2. The minimum Gasteiger partial charge on any atom is -0.353 e. The number of hydrogen-bond acceptors (Lipinski definition) is 2. The Labute approximate surface area is 159 Å². The van der Waals surface area contributed by atoms with Crippen molar-refractivity contribution in [2.75, 3.05) is 5.43 Å². The first-order valence-corrected chi connectivity index (χ1v) is 9.17. The molecule has 0 aliphatic heterocycles. The molecule has 3 aromatic carbocycles. The third-order valence-corrected chi connectivity index (χ3v) is 4.80. The molecule has 0 unspecified atom stereocenters. The largest absolute Gasteiger partial charge is 0.353 e. The third kappa shape index (κ3) is 3.36. The second-order valence-electron chi connectivity index (χ2n) is 6.92. The summed E-state index contributed by atoms with van der Waals surface area (Å²) >= 11 is 0. The van der Waals surface area contributed by atoms with Crippen molar-refractivity contribution in [1.82, 2.24) is 4.98 Å². The Kier molecular flexibility index (Phi) is 4.51. The maximum absolute atomic E-state index is 4.63. The lowest BCUT2D eigenvalue weighted by atomic mass is 9.98. The fourth-order valence-corrected chi connectivity index (χ4v) is 3.55. The number of fused-ring (bicyclic) bond motifs is 1. The predicted octanol–water partition coefficient (Wildman–Crippen LogP) is 6.29. The van der Waals surface area contributed by atoms with Gasteiger partial charge in [0.05, 0.1) is 17.1 Å². The van der Waals surface area contributed by atoms with E-state index >= 15 is 0 Å². The van der Waals surface area contributed by atoms with Crippen LogP contribution in [0.4, 0.5) is 5.69 Å². The Morgan fingerprint density at radius 2 is 1.56 bits per heavy atom. The van der Waals surface area contributed by atoms with Crippen LogP contribution in [0, 0.1) is 13.8 Å². The van der Waals surface area contributed by atoms with Gasteiger partial charge in [-0.2, -0.15) is 5.10 Å². The minimum atomic E-state index is 0.922. The molecule has 0 saturated heterocycles. The Hall–Kier alpha value is -3.33. The number of para-hydroxylation sites is 1. The van der Waals surface area contributed by atoms with Crippen molar-refractivity contribution < 1.29 is 0 Å². The lowest BCUT2D eigenvalue weighted by Crippen LogP contribution is -2.02. The second-order valence-corrected chi connectivity index (χ2v) is 6.92.